The number of nitrogens with one attached hydrogen (secondary N) is 1. The van der Waals surface area contributed by atoms with E-state index in [1.807, 2.05) is 24.4 Å². The topological polar surface area (TPSA) is 42.0 Å². The smallest absolute Gasteiger partial charge is 0.224 e. The summed E-state index contributed by atoms with van der Waals surface area (Å²) in [6.07, 6.45) is 5.29. The Labute approximate surface area is 134 Å². The van der Waals surface area contributed by atoms with Crippen LogP contribution in [-0.4, -0.2) is 10.9 Å². The van der Waals surface area contributed by atoms with Crippen molar-refractivity contribution in [2.75, 3.05) is 0 Å². The number of rotatable bonds is 5. The molecule has 3 atom stereocenters. The predicted molar refractivity (Wildman–Crippen MR) is 87.7 cm³/mol. The summed E-state index contributed by atoms with van der Waals surface area (Å²) in [5, 5.41) is 4.35. The molecule has 2 aromatic rings. The van der Waals surface area contributed by atoms with Gasteiger partial charge in [0.1, 0.15) is 5.01 Å². The van der Waals surface area contributed by atoms with E-state index in [-0.39, 0.29) is 17.9 Å². The van der Waals surface area contributed by atoms with Crippen LogP contribution in [0.2, 0.25) is 0 Å². The average Bonchev–Trinajstić information content (AvgIpc) is 3.44. The monoisotopic (exact) mass is 312 g/mol. The minimum Gasteiger partial charge on any atom is -0.346 e. The van der Waals surface area contributed by atoms with E-state index < -0.39 is 0 Å². The highest BCUT2D eigenvalue weighted by Gasteiger charge is 2.46. The molecule has 0 unspecified atom stereocenters. The zero-order valence-electron chi connectivity index (χ0n) is 12.7. The molecule has 1 aromatic carbocycles. The maximum absolute atomic E-state index is 12.6. The fourth-order valence-electron chi connectivity index (χ4n) is 3.14. The van der Waals surface area contributed by atoms with Crippen molar-refractivity contribution in [1.29, 1.82) is 0 Å². The van der Waals surface area contributed by atoms with Crippen molar-refractivity contribution in [3.8, 4) is 0 Å². The molecule has 1 amide bonds. The van der Waals surface area contributed by atoms with Gasteiger partial charge in [0.2, 0.25) is 5.91 Å². The zero-order valence-corrected chi connectivity index (χ0v) is 13.5. The van der Waals surface area contributed by atoms with Crippen molar-refractivity contribution in [2.24, 2.45) is 11.8 Å². The van der Waals surface area contributed by atoms with E-state index in [0.29, 0.717) is 11.8 Å². The van der Waals surface area contributed by atoms with Gasteiger partial charge in [-0.1, -0.05) is 30.3 Å². The molecule has 1 aromatic heterocycles. The summed E-state index contributed by atoms with van der Waals surface area (Å²) in [7, 11) is 0. The van der Waals surface area contributed by atoms with Crippen molar-refractivity contribution < 1.29 is 4.79 Å². The largest absolute Gasteiger partial charge is 0.346 e. The Morgan fingerprint density at radius 3 is 2.73 bits per heavy atom. The maximum Gasteiger partial charge on any atom is 0.224 e. The van der Waals surface area contributed by atoms with Crippen molar-refractivity contribution >= 4 is 17.2 Å². The van der Waals surface area contributed by atoms with E-state index in [0.717, 1.165) is 11.4 Å². The Balaban J connectivity index is 1.43. The first kappa shape index (κ1) is 13.9. The fraction of sp³-hybridized carbons (Fsp3) is 0.444. The number of carbonyl (C=O) groups is 1. The second kappa shape index (κ2) is 5.51. The summed E-state index contributed by atoms with van der Waals surface area (Å²) < 4.78 is 0. The minimum absolute atomic E-state index is 0.128. The maximum atomic E-state index is 12.6. The van der Waals surface area contributed by atoms with Crippen LogP contribution in [0.15, 0.2) is 36.5 Å². The molecule has 2 saturated carbocycles. The van der Waals surface area contributed by atoms with Crippen LogP contribution >= 0.6 is 11.3 Å². The number of carbonyl (C=O) groups excluding carboxylic acids is 1. The molecular formula is C18H20N2OS. The first-order valence-corrected chi connectivity index (χ1v) is 8.81. The fourth-order valence-corrected chi connectivity index (χ4v) is 4.06. The van der Waals surface area contributed by atoms with Crippen molar-refractivity contribution in [3.05, 3.63) is 52.0 Å². The van der Waals surface area contributed by atoms with Crippen LogP contribution in [0.4, 0.5) is 0 Å². The summed E-state index contributed by atoms with van der Waals surface area (Å²) in [5.74, 6) is 1.34. The Bertz CT molecular complexity index is 677. The van der Waals surface area contributed by atoms with E-state index in [1.165, 1.54) is 23.3 Å². The molecule has 0 spiro atoms. The number of aromatic nitrogens is 1. The lowest BCUT2D eigenvalue weighted by molar-refractivity contribution is -0.123. The molecule has 4 heteroatoms. The number of amides is 1. The molecule has 1 N–H and O–H groups in total. The highest BCUT2D eigenvalue weighted by molar-refractivity contribution is 7.11. The molecule has 0 aliphatic heterocycles. The zero-order chi connectivity index (χ0) is 15.1. The first-order valence-electron chi connectivity index (χ1n) is 8.00. The van der Waals surface area contributed by atoms with Crippen molar-refractivity contribution in [3.63, 3.8) is 0 Å². The molecule has 0 bridgehead atoms. The molecule has 4 rings (SSSR count). The first-order chi connectivity index (χ1) is 10.7. The molecule has 2 aliphatic rings. The normalized spacial score (nSPS) is 24.8. The lowest BCUT2D eigenvalue weighted by Crippen LogP contribution is -2.31. The van der Waals surface area contributed by atoms with Gasteiger partial charge in [0.05, 0.1) is 6.04 Å². The quantitative estimate of drug-likeness (QED) is 0.912. The Morgan fingerprint density at radius 1 is 1.32 bits per heavy atom. The average molecular weight is 312 g/mol. The molecule has 0 saturated heterocycles. The number of hydrogen-bond donors (Lipinski definition) is 1. The van der Waals surface area contributed by atoms with Crippen LogP contribution in [0.3, 0.4) is 0 Å². The van der Waals surface area contributed by atoms with Gasteiger partial charge in [-0.3, -0.25) is 4.79 Å². The number of nitrogens with zero attached hydrogens (tertiary/aromatic N) is 1. The van der Waals surface area contributed by atoms with Gasteiger partial charge >= 0.3 is 0 Å². The van der Waals surface area contributed by atoms with E-state index in [1.54, 1.807) is 11.3 Å². The van der Waals surface area contributed by atoms with Gasteiger partial charge in [0.25, 0.3) is 0 Å². The summed E-state index contributed by atoms with van der Waals surface area (Å²) in [5.41, 5.74) is 1.29. The van der Waals surface area contributed by atoms with Crippen LogP contribution in [0.1, 0.15) is 46.7 Å². The van der Waals surface area contributed by atoms with Gasteiger partial charge < -0.3 is 5.32 Å². The second-order valence-corrected chi connectivity index (χ2v) is 7.76. The third-order valence-electron chi connectivity index (χ3n) is 4.65. The van der Waals surface area contributed by atoms with Crippen molar-refractivity contribution in [1.82, 2.24) is 10.3 Å². The molecular weight excluding hydrogens is 292 g/mol. The van der Waals surface area contributed by atoms with E-state index in [2.05, 4.69) is 29.4 Å². The molecule has 3 nitrogen and oxygen atoms in total. The molecule has 0 radical (unpaired) electrons. The lowest BCUT2D eigenvalue weighted by Gasteiger charge is -2.16. The number of hydrogen-bond acceptors (Lipinski definition) is 3. The number of benzene rings is 1. The molecule has 2 fully saturated rings. The van der Waals surface area contributed by atoms with Gasteiger partial charge in [-0.2, -0.15) is 0 Å². The SMILES string of the molecule is Cc1cnc([C@H](NC(=O)[C@H]2C[C@@H]2c2ccccc2)C2CC2)s1. The summed E-state index contributed by atoms with van der Waals surface area (Å²) in [6, 6.07) is 10.5. The van der Waals surface area contributed by atoms with Crippen LogP contribution in [0.25, 0.3) is 0 Å². The summed E-state index contributed by atoms with van der Waals surface area (Å²) in [4.78, 5) is 18.3. The molecule has 22 heavy (non-hydrogen) atoms. The predicted octanol–water partition coefficient (Wildman–Crippen LogP) is 3.82. The van der Waals surface area contributed by atoms with Gasteiger partial charge in [-0.05, 0) is 43.6 Å². The standard InChI is InChI=1S/C18H20N2OS/c1-11-10-19-18(22-11)16(13-7-8-13)20-17(21)15-9-14(15)12-5-3-2-4-6-12/h2-6,10,13-16H,7-9H2,1H3,(H,20,21)/t14-,15+,16-/m1/s1. The minimum atomic E-state index is 0.128. The third kappa shape index (κ3) is 2.80. The number of thiazole rings is 1. The van der Waals surface area contributed by atoms with E-state index in [9.17, 15) is 4.79 Å². The molecule has 2 aliphatic carbocycles. The van der Waals surface area contributed by atoms with Gasteiger partial charge in [-0.25, -0.2) is 4.98 Å². The van der Waals surface area contributed by atoms with Crippen LogP contribution in [0.5, 0.6) is 0 Å². The molecule has 1 heterocycles. The Morgan fingerprint density at radius 2 is 2.09 bits per heavy atom. The van der Waals surface area contributed by atoms with Crippen LogP contribution < -0.4 is 5.32 Å². The van der Waals surface area contributed by atoms with Crippen LogP contribution in [0, 0.1) is 18.8 Å². The third-order valence-corrected chi connectivity index (χ3v) is 5.65. The Hall–Kier alpha value is -1.68. The highest BCUT2D eigenvalue weighted by atomic mass is 32.1. The van der Waals surface area contributed by atoms with Crippen molar-refractivity contribution in [2.45, 2.75) is 38.1 Å². The van der Waals surface area contributed by atoms with E-state index in [4.69, 9.17) is 0 Å². The number of aryl methyl sites for hydroxylation is 1. The van der Waals surface area contributed by atoms with Gasteiger partial charge in [0, 0.05) is 17.0 Å². The van der Waals surface area contributed by atoms with Gasteiger partial charge in [0.15, 0.2) is 0 Å². The highest BCUT2D eigenvalue weighted by Crippen LogP contribution is 2.49. The lowest BCUT2D eigenvalue weighted by atomic mass is 10.1. The Kier molecular flexibility index (Phi) is 3.49. The van der Waals surface area contributed by atoms with Gasteiger partial charge in [-0.15, -0.1) is 11.3 Å². The van der Waals surface area contributed by atoms with E-state index >= 15 is 0 Å². The van der Waals surface area contributed by atoms with Crippen LogP contribution in [-0.2, 0) is 4.79 Å². The molecule has 114 valence electrons. The summed E-state index contributed by atoms with van der Waals surface area (Å²) >= 11 is 1.71. The summed E-state index contributed by atoms with van der Waals surface area (Å²) in [6.45, 7) is 2.07. The second-order valence-electron chi connectivity index (χ2n) is 6.49.